The number of halogens is 1. The van der Waals surface area contributed by atoms with Crippen LogP contribution in [0.15, 0.2) is 30.3 Å². The summed E-state index contributed by atoms with van der Waals surface area (Å²) in [6, 6.07) is 11.0. The Labute approximate surface area is 114 Å². The lowest BCUT2D eigenvalue weighted by Crippen LogP contribution is -2.19. The van der Waals surface area contributed by atoms with Gasteiger partial charge in [-0.1, -0.05) is 66.0 Å². The van der Waals surface area contributed by atoms with Crippen molar-refractivity contribution in [2.45, 2.75) is 44.9 Å². The van der Waals surface area contributed by atoms with Crippen LogP contribution in [0.25, 0.3) is 0 Å². The molecule has 1 saturated carbocycles. The van der Waals surface area contributed by atoms with Crippen LogP contribution < -0.4 is 0 Å². The van der Waals surface area contributed by atoms with Crippen molar-refractivity contribution in [3.63, 3.8) is 0 Å². The highest BCUT2D eigenvalue weighted by Crippen LogP contribution is 2.38. The van der Waals surface area contributed by atoms with Gasteiger partial charge in [0.2, 0.25) is 0 Å². The van der Waals surface area contributed by atoms with Gasteiger partial charge < -0.3 is 0 Å². The lowest BCUT2D eigenvalue weighted by Gasteiger charge is -2.32. The average Bonchev–Trinajstić information content (AvgIpc) is 2.40. The van der Waals surface area contributed by atoms with E-state index in [0.717, 1.165) is 17.8 Å². The molecule has 1 aromatic carbocycles. The minimum absolute atomic E-state index is 0.737. The summed E-state index contributed by atoms with van der Waals surface area (Å²) < 4.78 is 0. The van der Waals surface area contributed by atoms with Crippen LogP contribution in [0.3, 0.4) is 0 Å². The predicted molar refractivity (Wildman–Crippen MR) is 78.7 cm³/mol. The molecule has 0 aromatic heterocycles. The fraction of sp³-hybridized carbons (Fsp3) is 0.625. The standard InChI is InChI=1S/C16H23Br/c1-13(15-5-3-2-4-6-15)16-9-7-14(8-10-16)11-12-17/h2-6,13-14,16H,7-12H2,1H3/t13?,14-,16-. The Balaban J connectivity index is 1.88. The van der Waals surface area contributed by atoms with Crippen LogP contribution in [0.5, 0.6) is 0 Å². The Morgan fingerprint density at radius 3 is 2.35 bits per heavy atom. The van der Waals surface area contributed by atoms with E-state index < -0.39 is 0 Å². The molecule has 0 spiro atoms. The molecule has 0 saturated heterocycles. The Kier molecular flexibility index (Phi) is 5.09. The summed E-state index contributed by atoms with van der Waals surface area (Å²) in [5.74, 6) is 2.62. The summed E-state index contributed by atoms with van der Waals surface area (Å²) >= 11 is 3.57. The molecule has 94 valence electrons. The second-order valence-corrected chi connectivity index (χ2v) is 6.25. The van der Waals surface area contributed by atoms with Crippen LogP contribution in [-0.2, 0) is 0 Å². The molecule has 0 nitrogen and oxygen atoms in total. The first-order valence-electron chi connectivity index (χ1n) is 6.92. The van der Waals surface area contributed by atoms with Crippen LogP contribution in [0.1, 0.15) is 50.5 Å². The third-order valence-electron chi connectivity index (χ3n) is 4.44. The molecular weight excluding hydrogens is 272 g/mol. The normalized spacial score (nSPS) is 26.7. The van der Waals surface area contributed by atoms with Gasteiger partial charge >= 0.3 is 0 Å². The largest absolute Gasteiger partial charge is 0.0928 e. The molecule has 1 aromatic rings. The molecule has 0 heterocycles. The van der Waals surface area contributed by atoms with E-state index in [0.29, 0.717) is 0 Å². The molecule has 1 aliphatic rings. The highest BCUT2D eigenvalue weighted by molar-refractivity contribution is 9.09. The van der Waals surface area contributed by atoms with Gasteiger partial charge in [-0.3, -0.25) is 0 Å². The van der Waals surface area contributed by atoms with Crippen LogP contribution in [-0.4, -0.2) is 5.33 Å². The van der Waals surface area contributed by atoms with Crippen molar-refractivity contribution in [2.24, 2.45) is 11.8 Å². The first-order chi connectivity index (χ1) is 8.31. The molecule has 17 heavy (non-hydrogen) atoms. The summed E-state index contributed by atoms with van der Waals surface area (Å²) in [5.41, 5.74) is 1.52. The zero-order valence-electron chi connectivity index (χ0n) is 10.7. The highest BCUT2D eigenvalue weighted by Gasteiger charge is 2.25. The summed E-state index contributed by atoms with van der Waals surface area (Å²) in [4.78, 5) is 0. The minimum atomic E-state index is 0.737. The monoisotopic (exact) mass is 294 g/mol. The SMILES string of the molecule is CC(c1ccccc1)[C@H]1CC[C@H](CCBr)CC1. The molecular formula is C16H23Br. The smallest absolute Gasteiger partial charge is 0.00339 e. The lowest BCUT2D eigenvalue weighted by molar-refractivity contribution is 0.246. The van der Waals surface area contributed by atoms with Crippen LogP contribution in [0.4, 0.5) is 0 Å². The van der Waals surface area contributed by atoms with Crippen molar-refractivity contribution < 1.29 is 0 Å². The second kappa shape index (κ2) is 6.58. The van der Waals surface area contributed by atoms with Crippen molar-refractivity contribution in [3.8, 4) is 0 Å². The van der Waals surface area contributed by atoms with Crippen molar-refractivity contribution in [1.29, 1.82) is 0 Å². The molecule has 2 rings (SSSR count). The van der Waals surface area contributed by atoms with Gasteiger partial charge in [-0.15, -0.1) is 0 Å². The molecule has 1 atom stereocenters. The Hall–Kier alpha value is -0.300. The van der Waals surface area contributed by atoms with Crippen molar-refractivity contribution in [2.75, 3.05) is 5.33 Å². The molecule has 1 heteroatoms. The maximum absolute atomic E-state index is 3.57. The zero-order valence-corrected chi connectivity index (χ0v) is 12.3. The maximum Gasteiger partial charge on any atom is 0.00339 e. The van der Waals surface area contributed by atoms with Crippen LogP contribution in [0, 0.1) is 11.8 Å². The Morgan fingerprint density at radius 1 is 1.12 bits per heavy atom. The van der Waals surface area contributed by atoms with E-state index in [1.165, 1.54) is 43.0 Å². The van der Waals surface area contributed by atoms with E-state index in [-0.39, 0.29) is 0 Å². The van der Waals surface area contributed by atoms with Gasteiger partial charge in [0, 0.05) is 5.33 Å². The molecule has 1 unspecified atom stereocenters. The molecule has 1 aliphatic carbocycles. The first kappa shape index (κ1) is 13.1. The number of benzene rings is 1. The van der Waals surface area contributed by atoms with E-state index in [4.69, 9.17) is 0 Å². The fourth-order valence-electron chi connectivity index (χ4n) is 3.16. The van der Waals surface area contributed by atoms with Gasteiger partial charge in [-0.25, -0.2) is 0 Å². The van der Waals surface area contributed by atoms with Gasteiger partial charge in [0.25, 0.3) is 0 Å². The molecule has 0 amide bonds. The van der Waals surface area contributed by atoms with Crippen LogP contribution in [0.2, 0.25) is 0 Å². The number of hydrogen-bond donors (Lipinski definition) is 0. The Bertz CT molecular complexity index is 312. The summed E-state index contributed by atoms with van der Waals surface area (Å²) in [6.45, 7) is 2.41. The fourth-order valence-corrected chi connectivity index (χ4v) is 3.81. The predicted octanol–water partition coefficient (Wildman–Crippen LogP) is 5.38. The summed E-state index contributed by atoms with van der Waals surface area (Å²) in [6.07, 6.45) is 7.09. The molecule has 0 bridgehead atoms. The van der Waals surface area contributed by atoms with Crippen LogP contribution >= 0.6 is 15.9 Å². The maximum atomic E-state index is 3.57. The zero-order chi connectivity index (χ0) is 12.1. The minimum Gasteiger partial charge on any atom is -0.0928 e. The van der Waals surface area contributed by atoms with Gasteiger partial charge in [-0.2, -0.15) is 0 Å². The molecule has 1 fully saturated rings. The summed E-state index contributed by atoms with van der Waals surface area (Å²) in [5, 5.41) is 1.18. The van der Waals surface area contributed by atoms with Gasteiger partial charge in [-0.05, 0) is 42.6 Å². The van der Waals surface area contributed by atoms with Gasteiger partial charge in [0.15, 0.2) is 0 Å². The third-order valence-corrected chi connectivity index (χ3v) is 4.90. The quantitative estimate of drug-likeness (QED) is 0.654. The van der Waals surface area contributed by atoms with Gasteiger partial charge in [0.05, 0.1) is 0 Å². The van der Waals surface area contributed by atoms with Crippen molar-refractivity contribution in [1.82, 2.24) is 0 Å². The van der Waals surface area contributed by atoms with E-state index >= 15 is 0 Å². The number of hydrogen-bond acceptors (Lipinski definition) is 0. The van der Waals surface area contributed by atoms with E-state index in [9.17, 15) is 0 Å². The Morgan fingerprint density at radius 2 is 1.76 bits per heavy atom. The topological polar surface area (TPSA) is 0 Å². The molecule has 0 aliphatic heterocycles. The van der Waals surface area contributed by atoms with E-state index in [1.54, 1.807) is 0 Å². The van der Waals surface area contributed by atoms with Crippen molar-refractivity contribution in [3.05, 3.63) is 35.9 Å². The first-order valence-corrected chi connectivity index (χ1v) is 8.04. The number of alkyl halides is 1. The van der Waals surface area contributed by atoms with Gasteiger partial charge in [0.1, 0.15) is 0 Å². The summed E-state index contributed by atoms with van der Waals surface area (Å²) in [7, 11) is 0. The average molecular weight is 295 g/mol. The number of rotatable bonds is 4. The third kappa shape index (κ3) is 3.58. The molecule has 0 N–H and O–H groups in total. The lowest BCUT2D eigenvalue weighted by atomic mass is 9.74. The van der Waals surface area contributed by atoms with E-state index in [2.05, 4.69) is 53.2 Å². The highest BCUT2D eigenvalue weighted by atomic mass is 79.9. The van der Waals surface area contributed by atoms with Crippen molar-refractivity contribution >= 4 is 15.9 Å². The van der Waals surface area contributed by atoms with E-state index in [1.807, 2.05) is 0 Å². The molecule has 0 radical (unpaired) electrons. The second-order valence-electron chi connectivity index (χ2n) is 5.46.